The highest BCUT2D eigenvalue weighted by molar-refractivity contribution is 6.04. The molecule has 168 valence electrons. The van der Waals surface area contributed by atoms with Crippen molar-refractivity contribution in [3.05, 3.63) is 70.3 Å². The summed E-state index contributed by atoms with van der Waals surface area (Å²) in [4.78, 5) is 55.8. The van der Waals surface area contributed by atoms with Crippen LogP contribution in [0.1, 0.15) is 24.8 Å². The Morgan fingerprint density at radius 3 is 2.21 bits per heavy atom. The monoisotopic (exact) mass is 450 g/mol. The minimum Gasteiger partial charge on any atom is -0.326 e. The fourth-order valence-corrected chi connectivity index (χ4v) is 3.39. The van der Waals surface area contributed by atoms with E-state index in [2.05, 4.69) is 31.2 Å². The van der Waals surface area contributed by atoms with Crippen LogP contribution in [-0.2, 0) is 14.4 Å². The molecule has 2 heterocycles. The minimum absolute atomic E-state index is 0.0271. The molecule has 11 heteroatoms. The second-order valence-electron chi connectivity index (χ2n) is 7.36. The van der Waals surface area contributed by atoms with Gasteiger partial charge < -0.3 is 21.3 Å². The molecule has 0 bridgehead atoms. The van der Waals surface area contributed by atoms with Crippen LogP contribution < -0.4 is 26.8 Å². The van der Waals surface area contributed by atoms with Gasteiger partial charge in [-0.15, -0.1) is 0 Å². The Balaban J connectivity index is 1.56. The molecule has 3 aromatic rings. The summed E-state index contributed by atoms with van der Waals surface area (Å²) < 4.78 is 13.1. The van der Waals surface area contributed by atoms with E-state index in [4.69, 9.17) is 0 Å². The van der Waals surface area contributed by atoms with Gasteiger partial charge in [-0.25, -0.2) is 4.39 Å². The van der Waals surface area contributed by atoms with Crippen molar-refractivity contribution in [2.45, 2.75) is 19.3 Å². The Morgan fingerprint density at radius 2 is 1.58 bits per heavy atom. The Morgan fingerprint density at radius 1 is 0.970 bits per heavy atom. The third-order valence-corrected chi connectivity index (χ3v) is 4.85. The molecule has 1 atom stereocenters. The molecular formula is C22H19FN6O4. The van der Waals surface area contributed by atoms with Crippen LogP contribution in [0.3, 0.4) is 0 Å². The third-order valence-electron chi connectivity index (χ3n) is 4.85. The molecule has 1 aromatic heterocycles. The Bertz CT molecular complexity index is 1290. The predicted molar refractivity (Wildman–Crippen MR) is 120 cm³/mol. The molecule has 3 amide bonds. The SMILES string of the molecule is CC(=O)Nc1ccc(NC(=O)[C@@H]2CC(=O)Nc3nc(Nc4ccc(F)cc4)[nH]c(=O)c32)cc1. The van der Waals surface area contributed by atoms with Gasteiger partial charge in [0.15, 0.2) is 0 Å². The lowest BCUT2D eigenvalue weighted by Gasteiger charge is -2.23. The number of H-pyrrole nitrogens is 1. The molecule has 0 radical (unpaired) electrons. The molecule has 10 nitrogen and oxygen atoms in total. The summed E-state index contributed by atoms with van der Waals surface area (Å²) in [6.07, 6.45) is -0.224. The maximum atomic E-state index is 13.1. The predicted octanol–water partition coefficient (Wildman–Crippen LogP) is 2.68. The smallest absolute Gasteiger partial charge is 0.258 e. The zero-order chi connectivity index (χ0) is 23.5. The first-order valence-corrected chi connectivity index (χ1v) is 9.93. The zero-order valence-electron chi connectivity index (χ0n) is 17.4. The number of amides is 3. The number of hydrogen-bond donors (Lipinski definition) is 5. The lowest BCUT2D eigenvalue weighted by molar-refractivity contribution is -0.123. The molecule has 0 unspecified atom stereocenters. The van der Waals surface area contributed by atoms with Crippen LogP contribution in [0.5, 0.6) is 0 Å². The quantitative estimate of drug-likeness (QED) is 0.404. The van der Waals surface area contributed by atoms with Crippen molar-refractivity contribution in [1.29, 1.82) is 0 Å². The van der Waals surface area contributed by atoms with E-state index in [0.717, 1.165) is 0 Å². The zero-order valence-corrected chi connectivity index (χ0v) is 17.4. The molecule has 5 N–H and O–H groups in total. The van der Waals surface area contributed by atoms with Crippen LogP contribution >= 0.6 is 0 Å². The van der Waals surface area contributed by atoms with Crippen molar-refractivity contribution in [3.8, 4) is 0 Å². The molecule has 0 aliphatic carbocycles. The summed E-state index contributed by atoms with van der Waals surface area (Å²) in [5.74, 6) is -2.71. The molecule has 0 saturated carbocycles. The van der Waals surface area contributed by atoms with Gasteiger partial charge in [0, 0.05) is 30.4 Å². The molecule has 0 spiro atoms. The van der Waals surface area contributed by atoms with Gasteiger partial charge >= 0.3 is 0 Å². The van der Waals surface area contributed by atoms with Crippen molar-refractivity contribution < 1.29 is 18.8 Å². The molecular weight excluding hydrogens is 431 g/mol. The first kappa shape index (κ1) is 21.7. The van der Waals surface area contributed by atoms with E-state index in [-0.39, 0.29) is 29.7 Å². The van der Waals surface area contributed by atoms with E-state index >= 15 is 0 Å². The van der Waals surface area contributed by atoms with E-state index in [1.54, 1.807) is 24.3 Å². The number of hydrogen-bond acceptors (Lipinski definition) is 6. The van der Waals surface area contributed by atoms with Gasteiger partial charge in [0.25, 0.3) is 5.56 Å². The van der Waals surface area contributed by atoms with Crippen LogP contribution in [0.2, 0.25) is 0 Å². The average Bonchev–Trinajstić information content (AvgIpc) is 2.75. The van der Waals surface area contributed by atoms with Crippen molar-refractivity contribution in [2.75, 3.05) is 21.3 Å². The molecule has 0 fully saturated rings. The number of rotatable bonds is 5. The van der Waals surface area contributed by atoms with Crippen molar-refractivity contribution in [2.24, 2.45) is 0 Å². The van der Waals surface area contributed by atoms with Crippen LogP contribution in [0, 0.1) is 5.82 Å². The van der Waals surface area contributed by atoms with Gasteiger partial charge in [-0.05, 0) is 48.5 Å². The van der Waals surface area contributed by atoms with E-state index in [9.17, 15) is 23.6 Å². The standard InChI is InChI=1S/C22H19FN6O4/c1-11(30)24-13-6-8-14(9-7-13)25-20(32)16-10-17(31)27-19-18(16)21(33)29-22(28-19)26-15-4-2-12(23)3-5-15/h2-9,16H,10H2,1H3,(H,24,30)(H,25,32)(H3,26,27,28,29,31,33)/t16-/m1/s1. The van der Waals surface area contributed by atoms with Gasteiger partial charge in [0.05, 0.1) is 11.5 Å². The highest BCUT2D eigenvalue weighted by Crippen LogP contribution is 2.30. The van der Waals surface area contributed by atoms with Gasteiger partial charge in [0.1, 0.15) is 11.6 Å². The average molecular weight is 450 g/mol. The number of anilines is 5. The van der Waals surface area contributed by atoms with E-state index in [1.165, 1.54) is 31.2 Å². The Hall–Kier alpha value is -4.54. The second kappa shape index (κ2) is 8.91. The van der Waals surface area contributed by atoms with E-state index in [0.29, 0.717) is 17.1 Å². The second-order valence-corrected chi connectivity index (χ2v) is 7.36. The first-order valence-electron chi connectivity index (χ1n) is 9.93. The number of benzene rings is 2. The topological polar surface area (TPSA) is 145 Å². The number of fused-ring (bicyclic) bond motifs is 1. The maximum Gasteiger partial charge on any atom is 0.258 e. The number of carbonyl (C=O) groups excluding carboxylic acids is 3. The summed E-state index contributed by atoms with van der Waals surface area (Å²) in [7, 11) is 0. The third kappa shape index (κ3) is 5.03. The summed E-state index contributed by atoms with van der Waals surface area (Å²) in [5, 5.41) is 10.6. The highest BCUT2D eigenvalue weighted by Gasteiger charge is 2.34. The van der Waals surface area contributed by atoms with Crippen LogP contribution in [0.25, 0.3) is 0 Å². The fourth-order valence-electron chi connectivity index (χ4n) is 3.39. The molecule has 2 aromatic carbocycles. The Labute approximate surface area is 186 Å². The normalized spacial score (nSPS) is 14.6. The fraction of sp³-hybridized carbons (Fsp3) is 0.136. The summed E-state index contributed by atoms with van der Waals surface area (Å²) in [5.41, 5.74) is 0.904. The molecule has 33 heavy (non-hydrogen) atoms. The lowest BCUT2D eigenvalue weighted by atomic mass is 9.92. The largest absolute Gasteiger partial charge is 0.326 e. The molecule has 1 aliphatic rings. The number of carbonyl (C=O) groups is 3. The number of aromatic amines is 1. The highest BCUT2D eigenvalue weighted by atomic mass is 19.1. The van der Waals surface area contributed by atoms with Crippen LogP contribution in [-0.4, -0.2) is 27.7 Å². The van der Waals surface area contributed by atoms with Crippen LogP contribution in [0.15, 0.2) is 53.3 Å². The number of halogens is 1. The number of aromatic nitrogens is 2. The molecule has 4 rings (SSSR count). The van der Waals surface area contributed by atoms with Crippen molar-refractivity contribution in [1.82, 2.24) is 9.97 Å². The van der Waals surface area contributed by atoms with Crippen LogP contribution in [0.4, 0.5) is 33.2 Å². The van der Waals surface area contributed by atoms with Crippen molar-refractivity contribution >= 4 is 46.5 Å². The van der Waals surface area contributed by atoms with E-state index in [1.807, 2.05) is 0 Å². The summed E-state index contributed by atoms with van der Waals surface area (Å²) in [6.45, 7) is 1.38. The van der Waals surface area contributed by atoms with Gasteiger partial charge in [-0.1, -0.05) is 0 Å². The van der Waals surface area contributed by atoms with Crippen molar-refractivity contribution in [3.63, 3.8) is 0 Å². The summed E-state index contributed by atoms with van der Waals surface area (Å²) in [6, 6.07) is 11.8. The Kier molecular flexibility index (Phi) is 5.85. The summed E-state index contributed by atoms with van der Waals surface area (Å²) >= 11 is 0. The maximum absolute atomic E-state index is 13.1. The molecule has 0 saturated heterocycles. The number of nitrogens with one attached hydrogen (secondary N) is 5. The minimum atomic E-state index is -1.06. The number of nitrogens with zero attached hydrogens (tertiary/aromatic N) is 1. The first-order chi connectivity index (χ1) is 15.8. The van der Waals surface area contributed by atoms with Gasteiger partial charge in [-0.3, -0.25) is 24.2 Å². The molecule has 1 aliphatic heterocycles. The van der Waals surface area contributed by atoms with E-state index < -0.39 is 29.1 Å². The van der Waals surface area contributed by atoms with Gasteiger partial charge in [-0.2, -0.15) is 4.98 Å². The van der Waals surface area contributed by atoms with Gasteiger partial charge in [0.2, 0.25) is 23.7 Å². The lowest BCUT2D eigenvalue weighted by Crippen LogP contribution is -2.36.